The fraction of sp³-hybridized carbons (Fsp3) is 0.538. The highest BCUT2D eigenvalue weighted by Gasteiger charge is 2.33. The Labute approximate surface area is 130 Å². The molecule has 1 aliphatic heterocycles. The van der Waals surface area contributed by atoms with Crippen LogP contribution >= 0.6 is 23.2 Å². The summed E-state index contributed by atoms with van der Waals surface area (Å²) in [6.45, 7) is 3.82. The summed E-state index contributed by atoms with van der Waals surface area (Å²) in [5.74, 6) is 0. The minimum Gasteiger partial charge on any atom is -0.315 e. The second-order valence-electron chi connectivity index (χ2n) is 4.76. The Hall–Kier alpha value is -0.330. The van der Waals surface area contributed by atoms with E-state index in [-0.39, 0.29) is 21.0 Å². The van der Waals surface area contributed by atoms with Gasteiger partial charge >= 0.3 is 0 Å². The van der Waals surface area contributed by atoms with Crippen molar-refractivity contribution in [3.63, 3.8) is 0 Å². The van der Waals surface area contributed by atoms with Gasteiger partial charge in [0.05, 0.1) is 10.0 Å². The van der Waals surface area contributed by atoms with Crippen LogP contribution in [0.4, 0.5) is 0 Å². The van der Waals surface area contributed by atoms with Gasteiger partial charge in [0, 0.05) is 19.1 Å². The first-order chi connectivity index (χ1) is 9.48. The summed E-state index contributed by atoms with van der Waals surface area (Å²) in [7, 11) is -3.68. The Balaban J connectivity index is 2.41. The van der Waals surface area contributed by atoms with Crippen molar-refractivity contribution >= 4 is 33.2 Å². The molecular formula is C13H18Cl2N2O2S. The van der Waals surface area contributed by atoms with Gasteiger partial charge in [0.2, 0.25) is 10.0 Å². The van der Waals surface area contributed by atoms with E-state index in [1.165, 1.54) is 4.31 Å². The maximum absolute atomic E-state index is 12.8. The summed E-state index contributed by atoms with van der Waals surface area (Å²) in [5.41, 5.74) is 0. The minimum atomic E-state index is -3.68. The molecule has 1 atom stereocenters. The first kappa shape index (κ1) is 16.0. The van der Waals surface area contributed by atoms with Crippen LogP contribution in [-0.4, -0.2) is 38.4 Å². The molecule has 1 fully saturated rings. The van der Waals surface area contributed by atoms with Crippen LogP contribution in [0.2, 0.25) is 10.0 Å². The molecular weight excluding hydrogens is 319 g/mol. The van der Waals surface area contributed by atoms with Crippen molar-refractivity contribution in [1.29, 1.82) is 0 Å². The zero-order chi connectivity index (χ0) is 14.8. The van der Waals surface area contributed by atoms with E-state index in [4.69, 9.17) is 23.2 Å². The molecule has 0 spiro atoms. The van der Waals surface area contributed by atoms with Crippen molar-refractivity contribution in [2.24, 2.45) is 0 Å². The van der Waals surface area contributed by atoms with E-state index >= 15 is 0 Å². The molecule has 1 unspecified atom stereocenters. The maximum Gasteiger partial charge on any atom is 0.246 e. The standard InChI is InChI=1S/C13H18Cl2N2O2S/c1-2-17(10-5-4-8-16-9-10)20(18,19)13-11(14)6-3-7-12(13)15/h3,6-7,10,16H,2,4-5,8-9H2,1H3. The molecule has 0 aromatic heterocycles. The number of rotatable bonds is 4. The zero-order valence-electron chi connectivity index (χ0n) is 11.3. The Kier molecular flexibility index (Phi) is 5.31. The fourth-order valence-electron chi connectivity index (χ4n) is 2.55. The molecule has 20 heavy (non-hydrogen) atoms. The Morgan fingerprint density at radius 2 is 2.00 bits per heavy atom. The lowest BCUT2D eigenvalue weighted by molar-refractivity contribution is 0.274. The first-order valence-electron chi connectivity index (χ1n) is 6.65. The molecule has 0 amide bonds. The smallest absolute Gasteiger partial charge is 0.246 e. The number of hydrogen-bond donors (Lipinski definition) is 1. The van der Waals surface area contributed by atoms with Gasteiger partial charge in [-0.1, -0.05) is 36.2 Å². The van der Waals surface area contributed by atoms with Crippen molar-refractivity contribution in [3.05, 3.63) is 28.2 Å². The van der Waals surface area contributed by atoms with Crippen LogP contribution in [0.3, 0.4) is 0 Å². The molecule has 1 saturated heterocycles. The average Bonchev–Trinajstić information content (AvgIpc) is 2.40. The number of hydrogen-bond acceptors (Lipinski definition) is 3. The number of halogens is 2. The number of nitrogens with one attached hydrogen (secondary N) is 1. The average molecular weight is 337 g/mol. The number of sulfonamides is 1. The van der Waals surface area contributed by atoms with Crippen LogP contribution in [0.1, 0.15) is 19.8 Å². The predicted octanol–water partition coefficient (Wildman–Crippen LogP) is 2.76. The van der Waals surface area contributed by atoms with E-state index in [2.05, 4.69) is 5.32 Å². The van der Waals surface area contributed by atoms with Crippen LogP contribution < -0.4 is 5.32 Å². The second-order valence-corrected chi connectivity index (χ2v) is 7.40. The van der Waals surface area contributed by atoms with E-state index < -0.39 is 10.0 Å². The largest absolute Gasteiger partial charge is 0.315 e. The van der Waals surface area contributed by atoms with Gasteiger partial charge < -0.3 is 5.32 Å². The lowest BCUT2D eigenvalue weighted by atomic mass is 10.1. The van der Waals surface area contributed by atoms with E-state index in [1.54, 1.807) is 18.2 Å². The summed E-state index contributed by atoms with van der Waals surface area (Å²) in [6.07, 6.45) is 1.81. The highest BCUT2D eigenvalue weighted by molar-refractivity contribution is 7.89. The molecule has 1 aliphatic rings. The quantitative estimate of drug-likeness (QED) is 0.919. The SMILES string of the molecule is CCN(C1CCCNC1)S(=O)(=O)c1c(Cl)cccc1Cl. The van der Waals surface area contributed by atoms with Crippen LogP contribution in [0.15, 0.2) is 23.1 Å². The lowest BCUT2D eigenvalue weighted by Gasteiger charge is -2.33. The minimum absolute atomic E-state index is 0.00996. The van der Waals surface area contributed by atoms with Crippen LogP contribution in [0, 0.1) is 0 Å². The highest BCUT2D eigenvalue weighted by atomic mass is 35.5. The highest BCUT2D eigenvalue weighted by Crippen LogP contribution is 2.32. The molecule has 0 bridgehead atoms. The molecule has 112 valence electrons. The van der Waals surface area contributed by atoms with Crippen molar-refractivity contribution in [1.82, 2.24) is 9.62 Å². The van der Waals surface area contributed by atoms with Gasteiger partial charge in [0.1, 0.15) is 4.90 Å². The molecule has 0 saturated carbocycles. The van der Waals surface area contributed by atoms with E-state index in [1.807, 2.05) is 6.92 Å². The van der Waals surface area contributed by atoms with Crippen LogP contribution in [0.5, 0.6) is 0 Å². The molecule has 1 N–H and O–H groups in total. The van der Waals surface area contributed by atoms with E-state index in [9.17, 15) is 8.42 Å². The summed E-state index contributed by atoms with van der Waals surface area (Å²) in [5, 5.41) is 3.56. The van der Waals surface area contributed by atoms with Gasteiger partial charge in [0.15, 0.2) is 0 Å². The van der Waals surface area contributed by atoms with Crippen molar-refractivity contribution < 1.29 is 8.42 Å². The first-order valence-corrected chi connectivity index (χ1v) is 8.84. The third-order valence-electron chi connectivity index (χ3n) is 3.48. The molecule has 7 heteroatoms. The third-order valence-corrected chi connectivity index (χ3v) is 6.46. The van der Waals surface area contributed by atoms with Gasteiger partial charge in [-0.15, -0.1) is 0 Å². The number of benzene rings is 1. The molecule has 1 heterocycles. The Bertz CT molecular complexity index is 551. The molecule has 1 aromatic rings. The molecule has 4 nitrogen and oxygen atoms in total. The van der Waals surface area contributed by atoms with Crippen molar-refractivity contribution in [2.75, 3.05) is 19.6 Å². The summed E-state index contributed by atoms with van der Waals surface area (Å²) < 4.78 is 27.2. The number of nitrogens with zero attached hydrogens (tertiary/aromatic N) is 1. The molecule has 0 aliphatic carbocycles. The van der Waals surface area contributed by atoms with Gasteiger partial charge in [-0.2, -0.15) is 4.31 Å². The third kappa shape index (κ3) is 3.12. The second kappa shape index (κ2) is 6.62. The number of likely N-dealkylation sites (N-methyl/N-ethyl adjacent to an activating group) is 1. The summed E-state index contributed by atoms with van der Waals surface area (Å²) in [6, 6.07) is 4.69. The Morgan fingerprint density at radius 3 is 2.50 bits per heavy atom. The molecule has 1 aromatic carbocycles. The summed E-state index contributed by atoms with van der Waals surface area (Å²) in [4.78, 5) is 0.00996. The van der Waals surface area contributed by atoms with Gasteiger partial charge in [-0.3, -0.25) is 0 Å². The van der Waals surface area contributed by atoms with Gasteiger partial charge in [-0.05, 0) is 31.5 Å². The normalized spacial score (nSPS) is 20.3. The van der Waals surface area contributed by atoms with Gasteiger partial charge in [-0.25, -0.2) is 8.42 Å². The van der Waals surface area contributed by atoms with Crippen LogP contribution in [0.25, 0.3) is 0 Å². The summed E-state index contributed by atoms with van der Waals surface area (Å²) >= 11 is 12.1. The molecule has 2 rings (SSSR count). The van der Waals surface area contributed by atoms with Crippen molar-refractivity contribution in [3.8, 4) is 0 Å². The predicted molar refractivity (Wildman–Crippen MR) is 81.9 cm³/mol. The van der Waals surface area contributed by atoms with Crippen molar-refractivity contribution in [2.45, 2.75) is 30.7 Å². The van der Waals surface area contributed by atoms with Crippen LogP contribution in [-0.2, 0) is 10.0 Å². The van der Waals surface area contributed by atoms with E-state index in [0.29, 0.717) is 13.1 Å². The number of piperidine rings is 1. The Morgan fingerprint density at radius 1 is 1.35 bits per heavy atom. The maximum atomic E-state index is 12.8. The lowest BCUT2D eigenvalue weighted by Crippen LogP contribution is -2.48. The topological polar surface area (TPSA) is 49.4 Å². The fourth-order valence-corrected chi connectivity index (χ4v) is 5.31. The molecule has 0 radical (unpaired) electrons. The van der Waals surface area contributed by atoms with Gasteiger partial charge in [0.25, 0.3) is 0 Å². The van der Waals surface area contributed by atoms with E-state index in [0.717, 1.165) is 19.4 Å². The monoisotopic (exact) mass is 336 g/mol. The zero-order valence-corrected chi connectivity index (χ0v) is 13.6.